The number of phenolic OH excluding ortho intramolecular Hbond substituents is 2. The third-order valence-electron chi connectivity index (χ3n) is 5.02. The van der Waals surface area contributed by atoms with E-state index >= 15 is 0 Å². The minimum atomic E-state index is -0.0193. The Balaban J connectivity index is 0.00000144. The van der Waals surface area contributed by atoms with Crippen molar-refractivity contribution in [2.24, 2.45) is 0 Å². The number of aromatic hydroxyl groups is 2. The summed E-state index contributed by atoms with van der Waals surface area (Å²) in [6, 6.07) is 10.4. The zero-order chi connectivity index (χ0) is 14.6. The van der Waals surface area contributed by atoms with Crippen molar-refractivity contribution in [2.75, 3.05) is 0 Å². The maximum Gasteiger partial charge on any atom is 0.157 e. The second-order valence-electron chi connectivity index (χ2n) is 6.19. The van der Waals surface area contributed by atoms with Gasteiger partial charge in [0.1, 0.15) is 0 Å². The predicted molar refractivity (Wildman–Crippen MR) is 89.0 cm³/mol. The average Bonchev–Trinajstić information content (AvgIpc) is 2.48. The molecule has 2 atom stereocenters. The molecule has 0 saturated carbocycles. The first-order valence-electron chi connectivity index (χ1n) is 7.51. The maximum atomic E-state index is 9.90. The minimum absolute atomic E-state index is 0. The van der Waals surface area contributed by atoms with Crippen LogP contribution in [0, 0.1) is 6.92 Å². The van der Waals surface area contributed by atoms with E-state index in [1.54, 1.807) is 12.1 Å². The van der Waals surface area contributed by atoms with Crippen molar-refractivity contribution in [1.29, 1.82) is 0 Å². The number of benzene rings is 2. The van der Waals surface area contributed by atoms with Crippen molar-refractivity contribution in [1.82, 2.24) is 5.32 Å². The van der Waals surface area contributed by atoms with E-state index in [-0.39, 0.29) is 29.8 Å². The van der Waals surface area contributed by atoms with Crippen LogP contribution in [0.5, 0.6) is 11.5 Å². The van der Waals surface area contributed by atoms with Crippen LogP contribution in [0.4, 0.5) is 0 Å². The van der Waals surface area contributed by atoms with Crippen molar-refractivity contribution in [2.45, 2.75) is 38.3 Å². The molecule has 1 heterocycles. The van der Waals surface area contributed by atoms with Crippen molar-refractivity contribution < 1.29 is 10.2 Å². The van der Waals surface area contributed by atoms with Gasteiger partial charge in [-0.3, -0.25) is 0 Å². The van der Waals surface area contributed by atoms with Gasteiger partial charge in [-0.1, -0.05) is 18.2 Å². The van der Waals surface area contributed by atoms with Crippen LogP contribution in [0.25, 0.3) is 0 Å². The first-order valence-corrected chi connectivity index (χ1v) is 7.51. The van der Waals surface area contributed by atoms with Gasteiger partial charge in [-0.2, -0.15) is 0 Å². The molecule has 1 aliphatic carbocycles. The first-order chi connectivity index (χ1) is 10.1. The molecule has 0 saturated heterocycles. The van der Waals surface area contributed by atoms with E-state index in [1.165, 1.54) is 16.7 Å². The second-order valence-corrected chi connectivity index (χ2v) is 6.19. The number of halogens is 1. The smallest absolute Gasteiger partial charge is 0.157 e. The van der Waals surface area contributed by atoms with Crippen LogP contribution in [0.3, 0.4) is 0 Å². The normalized spacial score (nSPS) is 22.0. The monoisotopic (exact) mass is 317 g/mol. The van der Waals surface area contributed by atoms with Gasteiger partial charge < -0.3 is 15.5 Å². The summed E-state index contributed by atoms with van der Waals surface area (Å²) < 4.78 is 0. The molecule has 1 aliphatic heterocycles. The van der Waals surface area contributed by atoms with Crippen LogP contribution < -0.4 is 5.32 Å². The summed E-state index contributed by atoms with van der Waals surface area (Å²) in [5.41, 5.74) is 6.36. The highest BCUT2D eigenvalue weighted by atomic mass is 35.5. The lowest BCUT2D eigenvalue weighted by Gasteiger charge is -2.40. The number of phenols is 2. The number of rotatable bonds is 0. The fourth-order valence-corrected chi connectivity index (χ4v) is 3.93. The van der Waals surface area contributed by atoms with E-state index < -0.39 is 0 Å². The summed E-state index contributed by atoms with van der Waals surface area (Å²) in [7, 11) is 0. The highest BCUT2D eigenvalue weighted by Gasteiger charge is 2.35. The Labute approximate surface area is 136 Å². The van der Waals surface area contributed by atoms with E-state index in [2.05, 4.69) is 30.4 Å². The van der Waals surface area contributed by atoms with Gasteiger partial charge in [-0.15, -0.1) is 12.4 Å². The molecule has 3 nitrogen and oxygen atoms in total. The van der Waals surface area contributed by atoms with Gasteiger partial charge >= 0.3 is 0 Å². The van der Waals surface area contributed by atoms with Crippen LogP contribution in [0.2, 0.25) is 0 Å². The van der Waals surface area contributed by atoms with Gasteiger partial charge in [0, 0.05) is 18.5 Å². The standard InChI is InChI=1S/C18H19NO2.ClH/c1-10-3-2-4-12-14(10)9-19-15-6-5-11-7-16(20)17(21)8-13(11)18(12)15;/h2-4,7-8,15,18-21H,5-6,9H2,1H3;1H/t15-,18-;/m0./s1. The van der Waals surface area contributed by atoms with E-state index in [0.29, 0.717) is 6.04 Å². The molecule has 2 aliphatic rings. The molecule has 116 valence electrons. The molecule has 0 aromatic heterocycles. The Morgan fingerprint density at radius 3 is 2.68 bits per heavy atom. The Morgan fingerprint density at radius 2 is 1.86 bits per heavy atom. The second kappa shape index (κ2) is 5.49. The maximum absolute atomic E-state index is 9.90. The molecule has 22 heavy (non-hydrogen) atoms. The third-order valence-corrected chi connectivity index (χ3v) is 5.02. The molecular formula is C18H20ClNO2. The average molecular weight is 318 g/mol. The van der Waals surface area contributed by atoms with Gasteiger partial charge in [0.05, 0.1) is 0 Å². The predicted octanol–water partition coefficient (Wildman–Crippen LogP) is 3.38. The van der Waals surface area contributed by atoms with E-state index in [4.69, 9.17) is 0 Å². The van der Waals surface area contributed by atoms with E-state index in [0.717, 1.165) is 30.5 Å². The van der Waals surface area contributed by atoms with Crippen LogP contribution in [0.15, 0.2) is 30.3 Å². The molecule has 0 radical (unpaired) electrons. The fourth-order valence-electron chi connectivity index (χ4n) is 3.93. The van der Waals surface area contributed by atoms with Crippen molar-refractivity contribution >= 4 is 12.4 Å². The molecule has 2 aromatic rings. The van der Waals surface area contributed by atoms with E-state index in [9.17, 15) is 10.2 Å². The molecule has 0 bridgehead atoms. The quantitative estimate of drug-likeness (QED) is 0.653. The molecule has 3 N–H and O–H groups in total. The zero-order valence-electron chi connectivity index (χ0n) is 12.5. The van der Waals surface area contributed by atoms with Crippen LogP contribution in [0.1, 0.15) is 40.2 Å². The van der Waals surface area contributed by atoms with Gasteiger partial charge in [-0.25, -0.2) is 0 Å². The lowest BCUT2D eigenvalue weighted by Crippen LogP contribution is -2.42. The van der Waals surface area contributed by atoms with E-state index in [1.807, 2.05) is 0 Å². The summed E-state index contributed by atoms with van der Waals surface area (Å²) in [5, 5.41) is 23.3. The lowest BCUT2D eigenvalue weighted by atomic mass is 9.72. The number of hydrogen-bond donors (Lipinski definition) is 3. The summed E-state index contributed by atoms with van der Waals surface area (Å²) in [5.74, 6) is 0.235. The minimum Gasteiger partial charge on any atom is -0.504 e. The highest BCUT2D eigenvalue weighted by molar-refractivity contribution is 5.85. The van der Waals surface area contributed by atoms with Crippen molar-refractivity contribution in [3.05, 3.63) is 58.1 Å². The van der Waals surface area contributed by atoms with Gasteiger partial charge in [0.2, 0.25) is 0 Å². The summed E-state index contributed by atoms with van der Waals surface area (Å²) in [6.45, 7) is 3.07. The summed E-state index contributed by atoms with van der Waals surface area (Å²) >= 11 is 0. The Morgan fingerprint density at radius 1 is 1.09 bits per heavy atom. The molecule has 0 fully saturated rings. The largest absolute Gasteiger partial charge is 0.504 e. The van der Waals surface area contributed by atoms with Crippen molar-refractivity contribution in [3.63, 3.8) is 0 Å². The first kappa shape index (κ1) is 15.2. The zero-order valence-corrected chi connectivity index (χ0v) is 13.3. The van der Waals surface area contributed by atoms with Crippen LogP contribution >= 0.6 is 12.4 Å². The summed E-state index contributed by atoms with van der Waals surface area (Å²) in [4.78, 5) is 0. The fraction of sp³-hybridized carbons (Fsp3) is 0.333. The highest BCUT2D eigenvalue weighted by Crippen LogP contribution is 2.44. The molecule has 4 rings (SSSR count). The third kappa shape index (κ3) is 2.16. The SMILES string of the molecule is Cc1cccc2c1CN[C@H]1CCc3cc(O)c(O)cc3[C@H]21.Cl. The topological polar surface area (TPSA) is 52.5 Å². The Bertz CT molecular complexity index is 729. The molecule has 0 amide bonds. The molecule has 0 unspecified atom stereocenters. The van der Waals surface area contributed by atoms with Gasteiger partial charge in [0.15, 0.2) is 11.5 Å². The number of aryl methyl sites for hydroxylation is 2. The molecule has 2 aromatic carbocycles. The number of hydrogen-bond acceptors (Lipinski definition) is 3. The van der Waals surface area contributed by atoms with Gasteiger partial charge in [-0.05, 0) is 59.7 Å². The molecule has 4 heteroatoms. The van der Waals surface area contributed by atoms with Crippen LogP contribution in [-0.4, -0.2) is 16.3 Å². The van der Waals surface area contributed by atoms with Crippen molar-refractivity contribution in [3.8, 4) is 11.5 Å². The molecule has 0 spiro atoms. The lowest BCUT2D eigenvalue weighted by molar-refractivity contribution is 0.379. The summed E-state index contributed by atoms with van der Waals surface area (Å²) in [6.07, 6.45) is 2.01. The Kier molecular flexibility index (Phi) is 3.79. The van der Waals surface area contributed by atoms with Crippen LogP contribution in [-0.2, 0) is 13.0 Å². The van der Waals surface area contributed by atoms with Gasteiger partial charge in [0.25, 0.3) is 0 Å². The Hall–Kier alpha value is -1.71. The number of fused-ring (bicyclic) bond motifs is 5. The number of nitrogens with one attached hydrogen (secondary N) is 1. The molecular weight excluding hydrogens is 298 g/mol.